The topological polar surface area (TPSA) is 55.2 Å². The number of halogens is 1. The van der Waals surface area contributed by atoms with Crippen LogP contribution in [0.3, 0.4) is 0 Å². The zero-order chi connectivity index (χ0) is 14.7. The van der Waals surface area contributed by atoms with Gasteiger partial charge in [-0.3, -0.25) is 10.1 Å². The van der Waals surface area contributed by atoms with Gasteiger partial charge in [-0.1, -0.05) is 34.1 Å². The molecule has 0 saturated heterocycles. The highest BCUT2D eigenvalue weighted by atomic mass is 79.9. The SMILES string of the molecule is Cc1ccc(CNc2ccc(C)cc2[N+](=O)[O-])c(Br)c1. The molecular formula is C15H15BrN2O2. The lowest BCUT2D eigenvalue weighted by Crippen LogP contribution is -2.03. The maximum absolute atomic E-state index is 11.1. The lowest BCUT2D eigenvalue weighted by molar-refractivity contribution is -0.384. The van der Waals surface area contributed by atoms with Crippen LogP contribution in [0.2, 0.25) is 0 Å². The fraction of sp³-hybridized carbons (Fsp3) is 0.200. The number of nitro groups is 1. The minimum Gasteiger partial charge on any atom is -0.375 e. The highest BCUT2D eigenvalue weighted by Gasteiger charge is 2.13. The van der Waals surface area contributed by atoms with Gasteiger partial charge in [0.15, 0.2) is 0 Å². The number of hydrogen-bond acceptors (Lipinski definition) is 3. The molecule has 0 spiro atoms. The summed E-state index contributed by atoms with van der Waals surface area (Å²) >= 11 is 3.51. The van der Waals surface area contributed by atoms with Crippen LogP contribution in [0.25, 0.3) is 0 Å². The van der Waals surface area contributed by atoms with E-state index in [0.29, 0.717) is 12.2 Å². The Balaban J connectivity index is 2.20. The lowest BCUT2D eigenvalue weighted by Gasteiger charge is -2.10. The standard InChI is InChI=1S/C15H15BrN2O2/c1-10-3-5-12(13(16)7-10)9-17-14-6-4-11(2)8-15(14)18(19)20/h3-8,17H,9H2,1-2H3. The van der Waals surface area contributed by atoms with Crippen molar-refractivity contribution in [1.29, 1.82) is 0 Å². The van der Waals surface area contributed by atoms with Crippen LogP contribution in [0.4, 0.5) is 11.4 Å². The van der Waals surface area contributed by atoms with Gasteiger partial charge in [0.05, 0.1) is 4.92 Å². The lowest BCUT2D eigenvalue weighted by atomic mass is 10.1. The molecule has 0 saturated carbocycles. The Labute approximate surface area is 126 Å². The molecule has 0 fully saturated rings. The molecule has 0 amide bonds. The van der Waals surface area contributed by atoms with Crippen LogP contribution in [-0.4, -0.2) is 4.92 Å². The fourth-order valence-electron chi connectivity index (χ4n) is 1.93. The molecule has 104 valence electrons. The Kier molecular flexibility index (Phi) is 4.39. The van der Waals surface area contributed by atoms with E-state index < -0.39 is 0 Å². The van der Waals surface area contributed by atoms with Crippen molar-refractivity contribution in [3.8, 4) is 0 Å². The first-order chi connectivity index (χ1) is 9.47. The Morgan fingerprint density at radius 3 is 2.45 bits per heavy atom. The van der Waals surface area contributed by atoms with Gasteiger partial charge in [-0.05, 0) is 42.7 Å². The Morgan fingerprint density at radius 1 is 1.15 bits per heavy atom. The number of rotatable bonds is 4. The van der Waals surface area contributed by atoms with Crippen molar-refractivity contribution >= 4 is 27.3 Å². The fourth-order valence-corrected chi connectivity index (χ4v) is 2.56. The van der Waals surface area contributed by atoms with Gasteiger partial charge in [0, 0.05) is 17.1 Å². The van der Waals surface area contributed by atoms with Crippen molar-refractivity contribution in [2.75, 3.05) is 5.32 Å². The van der Waals surface area contributed by atoms with Crippen molar-refractivity contribution in [3.63, 3.8) is 0 Å². The van der Waals surface area contributed by atoms with E-state index in [1.165, 1.54) is 5.56 Å². The molecule has 0 atom stereocenters. The van der Waals surface area contributed by atoms with Gasteiger partial charge in [0.1, 0.15) is 5.69 Å². The Bertz CT molecular complexity index is 656. The van der Waals surface area contributed by atoms with Crippen molar-refractivity contribution in [2.45, 2.75) is 20.4 Å². The summed E-state index contributed by atoms with van der Waals surface area (Å²) in [6.45, 7) is 4.39. The van der Waals surface area contributed by atoms with E-state index in [0.717, 1.165) is 15.6 Å². The average molecular weight is 335 g/mol. The molecule has 2 rings (SSSR count). The van der Waals surface area contributed by atoms with Crippen LogP contribution >= 0.6 is 15.9 Å². The van der Waals surface area contributed by atoms with Crippen molar-refractivity contribution < 1.29 is 4.92 Å². The Morgan fingerprint density at radius 2 is 1.80 bits per heavy atom. The van der Waals surface area contributed by atoms with Crippen LogP contribution in [0.15, 0.2) is 40.9 Å². The minimum absolute atomic E-state index is 0.105. The maximum Gasteiger partial charge on any atom is 0.292 e. The third-order valence-corrected chi connectivity index (χ3v) is 3.77. The van der Waals surface area contributed by atoms with Crippen LogP contribution in [0.5, 0.6) is 0 Å². The molecule has 2 aromatic rings. The number of nitrogens with one attached hydrogen (secondary N) is 1. The van der Waals surface area contributed by atoms with Crippen molar-refractivity contribution in [2.24, 2.45) is 0 Å². The van der Waals surface area contributed by atoms with E-state index in [2.05, 4.69) is 21.2 Å². The van der Waals surface area contributed by atoms with E-state index in [1.54, 1.807) is 12.1 Å². The normalized spacial score (nSPS) is 10.3. The third-order valence-electron chi connectivity index (χ3n) is 3.03. The van der Waals surface area contributed by atoms with Crippen molar-refractivity contribution in [1.82, 2.24) is 0 Å². The first kappa shape index (κ1) is 14.5. The summed E-state index contributed by atoms with van der Waals surface area (Å²) < 4.78 is 1.000. The second kappa shape index (κ2) is 6.05. The minimum atomic E-state index is -0.362. The molecule has 0 aromatic heterocycles. The van der Waals surface area contributed by atoms with Crippen LogP contribution in [-0.2, 0) is 6.54 Å². The molecule has 0 aliphatic carbocycles. The number of nitro benzene ring substituents is 1. The summed E-state index contributed by atoms with van der Waals surface area (Å²) in [5.74, 6) is 0. The van der Waals surface area contributed by atoms with Gasteiger partial charge in [0.2, 0.25) is 0 Å². The van der Waals surface area contributed by atoms with Gasteiger partial charge in [-0.15, -0.1) is 0 Å². The van der Waals surface area contributed by atoms with Crippen LogP contribution in [0.1, 0.15) is 16.7 Å². The number of aryl methyl sites for hydroxylation is 2. The summed E-state index contributed by atoms with van der Waals surface area (Å²) in [5, 5.41) is 14.2. The van der Waals surface area contributed by atoms with E-state index in [4.69, 9.17) is 0 Å². The molecule has 0 radical (unpaired) electrons. The molecule has 0 bridgehead atoms. The number of hydrogen-bond donors (Lipinski definition) is 1. The third kappa shape index (κ3) is 3.36. The predicted octanol–water partition coefficient (Wildman–Crippen LogP) is 4.59. The summed E-state index contributed by atoms with van der Waals surface area (Å²) in [6.07, 6.45) is 0. The highest BCUT2D eigenvalue weighted by Crippen LogP contribution is 2.27. The average Bonchev–Trinajstić information content (AvgIpc) is 2.38. The van der Waals surface area contributed by atoms with Gasteiger partial charge < -0.3 is 5.32 Å². The zero-order valence-corrected chi connectivity index (χ0v) is 12.9. The van der Waals surface area contributed by atoms with E-state index >= 15 is 0 Å². The summed E-state index contributed by atoms with van der Waals surface area (Å²) in [7, 11) is 0. The molecule has 0 heterocycles. The van der Waals surface area contributed by atoms with Crippen LogP contribution < -0.4 is 5.32 Å². The molecule has 4 nitrogen and oxygen atoms in total. The molecule has 20 heavy (non-hydrogen) atoms. The molecule has 5 heteroatoms. The smallest absolute Gasteiger partial charge is 0.292 e. The second-order valence-electron chi connectivity index (χ2n) is 4.73. The van der Waals surface area contributed by atoms with Gasteiger partial charge >= 0.3 is 0 Å². The molecule has 1 N–H and O–H groups in total. The van der Waals surface area contributed by atoms with E-state index in [1.807, 2.05) is 38.1 Å². The molecule has 0 aliphatic rings. The maximum atomic E-state index is 11.1. The Hall–Kier alpha value is -1.88. The number of anilines is 1. The summed E-state index contributed by atoms with van der Waals surface area (Å²) in [4.78, 5) is 10.7. The van der Waals surface area contributed by atoms with E-state index in [9.17, 15) is 10.1 Å². The first-order valence-electron chi connectivity index (χ1n) is 6.21. The van der Waals surface area contributed by atoms with Crippen molar-refractivity contribution in [3.05, 3.63) is 67.7 Å². The largest absolute Gasteiger partial charge is 0.375 e. The molecular weight excluding hydrogens is 320 g/mol. The van der Waals surface area contributed by atoms with E-state index in [-0.39, 0.29) is 10.6 Å². The monoisotopic (exact) mass is 334 g/mol. The van der Waals surface area contributed by atoms with Crippen LogP contribution in [0, 0.1) is 24.0 Å². The second-order valence-corrected chi connectivity index (χ2v) is 5.58. The van der Waals surface area contributed by atoms with Gasteiger partial charge in [0.25, 0.3) is 5.69 Å². The number of benzene rings is 2. The highest BCUT2D eigenvalue weighted by molar-refractivity contribution is 9.10. The quantitative estimate of drug-likeness (QED) is 0.657. The number of nitrogens with zero attached hydrogens (tertiary/aromatic N) is 1. The first-order valence-corrected chi connectivity index (χ1v) is 7.00. The zero-order valence-electron chi connectivity index (χ0n) is 11.3. The predicted molar refractivity (Wildman–Crippen MR) is 84.0 cm³/mol. The summed E-state index contributed by atoms with van der Waals surface area (Å²) in [6, 6.07) is 11.2. The summed E-state index contributed by atoms with van der Waals surface area (Å²) in [5.41, 5.74) is 3.74. The molecule has 2 aromatic carbocycles. The molecule has 0 aliphatic heterocycles. The van der Waals surface area contributed by atoms with Gasteiger partial charge in [-0.25, -0.2) is 0 Å². The molecule has 0 unspecified atom stereocenters. The van der Waals surface area contributed by atoms with Gasteiger partial charge in [-0.2, -0.15) is 0 Å².